The first kappa shape index (κ1) is 11.5. The quantitative estimate of drug-likeness (QED) is 0.732. The molecule has 0 amide bonds. The zero-order valence-electron chi connectivity index (χ0n) is 10.6. The number of oxazole rings is 1. The molecule has 17 heavy (non-hydrogen) atoms. The molecule has 0 spiro atoms. The Labute approximate surface area is 101 Å². The van der Waals surface area contributed by atoms with Crippen LogP contribution in [0.4, 0.5) is 0 Å². The summed E-state index contributed by atoms with van der Waals surface area (Å²) in [5.41, 5.74) is 2.17. The maximum atomic E-state index is 5.39. The molecule has 0 aliphatic carbocycles. The van der Waals surface area contributed by atoms with Crippen molar-refractivity contribution >= 4 is 6.08 Å². The molecule has 1 aliphatic heterocycles. The van der Waals surface area contributed by atoms with Gasteiger partial charge in [-0.15, -0.1) is 0 Å². The van der Waals surface area contributed by atoms with Gasteiger partial charge in [-0.2, -0.15) is 4.57 Å². The summed E-state index contributed by atoms with van der Waals surface area (Å²) in [4.78, 5) is 1.98. The molecule has 4 nitrogen and oxygen atoms in total. The summed E-state index contributed by atoms with van der Waals surface area (Å²) in [5, 5.41) is 0. The van der Waals surface area contributed by atoms with E-state index in [-0.39, 0.29) is 0 Å². The summed E-state index contributed by atoms with van der Waals surface area (Å²) in [5.74, 6) is 1.62. The molecule has 0 saturated heterocycles. The highest BCUT2D eigenvalue weighted by atomic mass is 16.5. The van der Waals surface area contributed by atoms with Crippen LogP contribution in [0.1, 0.15) is 18.5 Å². The molecule has 0 fully saturated rings. The topological polar surface area (TPSA) is 29.5 Å². The fourth-order valence-electron chi connectivity index (χ4n) is 1.47. The van der Waals surface area contributed by atoms with E-state index >= 15 is 0 Å². The highest BCUT2D eigenvalue weighted by Crippen LogP contribution is 2.19. The summed E-state index contributed by atoms with van der Waals surface area (Å²) in [6.07, 6.45) is 9.19. The number of ether oxygens (including phenoxy) is 1. The summed E-state index contributed by atoms with van der Waals surface area (Å²) in [6, 6.07) is 0. The molecule has 0 unspecified atom stereocenters. The van der Waals surface area contributed by atoms with Gasteiger partial charge in [0.1, 0.15) is 13.3 Å². The van der Waals surface area contributed by atoms with Gasteiger partial charge >= 0.3 is 5.89 Å². The molecule has 0 radical (unpaired) electrons. The van der Waals surface area contributed by atoms with Gasteiger partial charge in [-0.05, 0) is 19.1 Å². The molecule has 1 aromatic heterocycles. The highest BCUT2D eigenvalue weighted by Gasteiger charge is 2.14. The molecular formula is C13H17N2O2+. The Balaban J connectivity index is 2.08. The minimum absolute atomic E-state index is 0.810. The van der Waals surface area contributed by atoms with Gasteiger partial charge in [-0.3, -0.25) is 0 Å². The minimum atomic E-state index is 0.810. The second-order valence-electron chi connectivity index (χ2n) is 4.07. The highest BCUT2D eigenvalue weighted by molar-refractivity contribution is 5.39. The largest absolute Gasteiger partial charge is 0.447 e. The number of hydrogen-bond donors (Lipinski definition) is 0. The Morgan fingerprint density at radius 2 is 2.12 bits per heavy atom. The number of rotatable bonds is 2. The molecule has 4 heteroatoms. The van der Waals surface area contributed by atoms with Gasteiger partial charge in [-0.25, -0.2) is 0 Å². The van der Waals surface area contributed by atoms with Crippen LogP contribution in [0.15, 0.2) is 40.7 Å². The van der Waals surface area contributed by atoms with Crippen LogP contribution in [0.25, 0.3) is 6.08 Å². The fraction of sp³-hybridized carbons (Fsp3) is 0.308. The Kier molecular flexibility index (Phi) is 3.04. The molecule has 0 saturated carbocycles. The van der Waals surface area contributed by atoms with E-state index in [1.165, 1.54) is 0 Å². The molecule has 0 atom stereocenters. The van der Waals surface area contributed by atoms with Gasteiger partial charge in [0.15, 0.2) is 12.1 Å². The van der Waals surface area contributed by atoms with E-state index in [1.54, 1.807) is 12.5 Å². The van der Waals surface area contributed by atoms with Crippen LogP contribution in [-0.4, -0.2) is 11.9 Å². The monoisotopic (exact) mass is 233 g/mol. The van der Waals surface area contributed by atoms with E-state index in [0.29, 0.717) is 0 Å². The van der Waals surface area contributed by atoms with Crippen LogP contribution in [0.5, 0.6) is 0 Å². The second-order valence-corrected chi connectivity index (χ2v) is 4.07. The van der Waals surface area contributed by atoms with Gasteiger partial charge in [0.2, 0.25) is 5.69 Å². The normalized spacial score (nSPS) is 18.0. The van der Waals surface area contributed by atoms with Gasteiger partial charge in [0.25, 0.3) is 0 Å². The number of nitrogens with zero attached hydrogens (tertiary/aromatic N) is 2. The second kappa shape index (κ2) is 4.49. The molecule has 0 aromatic carbocycles. The zero-order chi connectivity index (χ0) is 12.4. The van der Waals surface area contributed by atoms with Crippen LogP contribution < -0.4 is 4.57 Å². The smallest absolute Gasteiger partial charge is 0.372 e. The summed E-state index contributed by atoms with van der Waals surface area (Å²) >= 11 is 0. The van der Waals surface area contributed by atoms with Crippen LogP contribution in [0.3, 0.4) is 0 Å². The Hall–Kier alpha value is -1.97. The SMILES string of the molecule is CC1=CO/C(=C\C=C\c2occ(C)[n+]2C)N1C. The van der Waals surface area contributed by atoms with Crippen LogP contribution in [0.2, 0.25) is 0 Å². The van der Waals surface area contributed by atoms with Crippen molar-refractivity contribution in [3.63, 3.8) is 0 Å². The third-order valence-corrected chi connectivity index (χ3v) is 2.90. The third kappa shape index (κ3) is 2.25. The average molecular weight is 233 g/mol. The van der Waals surface area contributed by atoms with Gasteiger partial charge < -0.3 is 14.1 Å². The molecule has 1 aliphatic rings. The van der Waals surface area contributed by atoms with E-state index in [0.717, 1.165) is 23.2 Å². The lowest BCUT2D eigenvalue weighted by Gasteiger charge is -2.11. The first-order valence-corrected chi connectivity index (χ1v) is 5.49. The van der Waals surface area contributed by atoms with E-state index in [1.807, 2.05) is 55.6 Å². The fourth-order valence-corrected chi connectivity index (χ4v) is 1.47. The van der Waals surface area contributed by atoms with Crippen molar-refractivity contribution < 1.29 is 13.7 Å². The maximum Gasteiger partial charge on any atom is 0.372 e. The standard InChI is InChI=1S/C13H17N2O2/c1-10-8-16-12(14(10)3)6-5-7-13-15(4)11(2)9-17-13/h5-9H,1-4H3/q+1. The lowest BCUT2D eigenvalue weighted by Crippen LogP contribution is -2.31. The molecule has 2 rings (SSSR count). The van der Waals surface area contributed by atoms with E-state index in [4.69, 9.17) is 9.15 Å². The van der Waals surface area contributed by atoms with Crippen molar-refractivity contribution in [2.24, 2.45) is 7.05 Å². The van der Waals surface area contributed by atoms with Crippen molar-refractivity contribution in [3.8, 4) is 0 Å². The number of allylic oxidation sites excluding steroid dienone is 3. The Morgan fingerprint density at radius 1 is 1.35 bits per heavy atom. The summed E-state index contributed by atoms with van der Waals surface area (Å²) in [6.45, 7) is 4.00. The first-order valence-electron chi connectivity index (χ1n) is 5.49. The van der Waals surface area contributed by atoms with Gasteiger partial charge in [0.05, 0.1) is 11.8 Å². The van der Waals surface area contributed by atoms with Gasteiger partial charge in [0, 0.05) is 14.0 Å². The minimum Gasteiger partial charge on any atom is -0.447 e. The lowest BCUT2D eigenvalue weighted by atomic mass is 10.4. The molecule has 1 aromatic rings. The third-order valence-electron chi connectivity index (χ3n) is 2.90. The van der Waals surface area contributed by atoms with Crippen LogP contribution in [0, 0.1) is 6.92 Å². The molecule has 2 heterocycles. The molecular weight excluding hydrogens is 216 g/mol. The van der Waals surface area contributed by atoms with Crippen molar-refractivity contribution in [2.75, 3.05) is 7.05 Å². The van der Waals surface area contributed by atoms with Crippen molar-refractivity contribution in [3.05, 3.63) is 47.8 Å². The van der Waals surface area contributed by atoms with E-state index in [9.17, 15) is 0 Å². The van der Waals surface area contributed by atoms with E-state index in [2.05, 4.69) is 0 Å². The Bertz CT molecular complexity index is 509. The van der Waals surface area contributed by atoms with Gasteiger partial charge in [-0.1, -0.05) is 0 Å². The molecule has 90 valence electrons. The molecule has 0 bridgehead atoms. The number of aromatic nitrogens is 1. The van der Waals surface area contributed by atoms with Crippen LogP contribution in [-0.2, 0) is 11.8 Å². The van der Waals surface area contributed by atoms with Crippen LogP contribution >= 0.6 is 0 Å². The lowest BCUT2D eigenvalue weighted by molar-refractivity contribution is -0.682. The van der Waals surface area contributed by atoms with Crippen molar-refractivity contribution in [1.29, 1.82) is 0 Å². The van der Waals surface area contributed by atoms with Crippen molar-refractivity contribution in [1.82, 2.24) is 4.90 Å². The Morgan fingerprint density at radius 3 is 2.65 bits per heavy atom. The number of aryl methyl sites for hydroxylation is 1. The number of hydrogen-bond acceptors (Lipinski definition) is 3. The van der Waals surface area contributed by atoms with Crippen molar-refractivity contribution in [2.45, 2.75) is 13.8 Å². The average Bonchev–Trinajstić information content (AvgIpc) is 2.79. The predicted molar refractivity (Wildman–Crippen MR) is 64.3 cm³/mol. The maximum absolute atomic E-state index is 5.39. The van der Waals surface area contributed by atoms with E-state index < -0.39 is 0 Å². The predicted octanol–water partition coefficient (Wildman–Crippen LogP) is 2.09. The summed E-state index contributed by atoms with van der Waals surface area (Å²) < 4.78 is 12.8. The molecule has 0 N–H and O–H groups in total. The summed E-state index contributed by atoms with van der Waals surface area (Å²) in [7, 11) is 3.94. The zero-order valence-corrected chi connectivity index (χ0v) is 10.6. The first-order chi connectivity index (χ1) is 8.09.